The normalized spacial score (nSPS) is 19.4. The lowest BCUT2D eigenvalue weighted by atomic mass is 9.86. The van der Waals surface area contributed by atoms with Crippen LogP contribution in [0.1, 0.15) is 47.3 Å². The van der Waals surface area contributed by atoms with Crippen LogP contribution in [0.15, 0.2) is 42.6 Å². The monoisotopic (exact) mass is 367 g/mol. The highest BCUT2D eigenvalue weighted by Crippen LogP contribution is 2.28. The van der Waals surface area contributed by atoms with Gasteiger partial charge in [0.1, 0.15) is 0 Å². The summed E-state index contributed by atoms with van der Waals surface area (Å²) >= 11 is 0. The molecule has 0 atom stereocenters. The average molecular weight is 367 g/mol. The van der Waals surface area contributed by atoms with Gasteiger partial charge in [-0.25, -0.2) is 0 Å². The number of primary amides is 1. The number of nitrogens with zero attached hydrogens (tertiary/aromatic N) is 1. The maximum atomic E-state index is 12.6. The van der Waals surface area contributed by atoms with E-state index in [1.807, 2.05) is 25.1 Å². The molecule has 6 nitrogen and oxygen atoms in total. The third kappa shape index (κ3) is 5.14. The summed E-state index contributed by atoms with van der Waals surface area (Å²) in [4.78, 5) is 28.1. The van der Waals surface area contributed by atoms with Crippen molar-refractivity contribution in [3.8, 4) is 0 Å². The summed E-state index contributed by atoms with van der Waals surface area (Å²) in [6.07, 6.45) is 5.27. The Bertz CT molecular complexity index is 800. The summed E-state index contributed by atoms with van der Waals surface area (Å²) in [5.41, 5.74) is 8.19. The van der Waals surface area contributed by atoms with Crippen molar-refractivity contribution in [3.63, 3.8) is 0 Å². The fraction of sp³-hybridized carbons (Fsp3) is 0.381. The number of hydrogen-bond acceptors (Lipinski definition) is 4. The number of benzene rings is 1. The molecule has 1 fully saturated rings. The molecule has 1 saturated carbocycles. The molecule has 0 unspecified atom stereocenters. The van der Waals surface area contributed by atoms with E-state index in [2.05, 4.69) is 10.3 Å². The number of nitrogens with two attached hydrogens (primary N) is 1. The van der Waals surface area contributed by atoms with E-state index in [9.17, 15) is 9.59 Å². The Balaban J connectivity index is 1.48. The lowest BCUT2D eigenvalue weighted by Crippen LogP contribution is -2.30. The molecule has 0 spiro atoms. The van der Waals surface area contributed by atoms with Crippen molar-refractivity contribution in [2.24, 2.45) is 11.7 Å². The Hall–Kier alpha value is -2.73. The molecule has 27 heavy (non-hydrogen) atoms. The molecule has 6 heteroatoms. The topological polar surface area (TPSA) is 94.3 Å². The Kier molecular flexibility index (Phi) is 6.19. The fourth-order valence-corrected chi connectivity index (χ4v) is 3.37. The Labute approximate surface area is 159 Å². The van der Waals surface area contributed by atoms with Crippen LogP contribution in [0.3, 0.4) is 0 Å². The molecular weight excluding hydrogens is 342 g/mol. The van der Waals surface area contributed by atoms with E-state index in [4.69, 9.17) is 10.5 Å². The van der Waals surface area contributed by atoms with E-state index in [0.717, 1.165) is 42.6 Å². The molecule has 0 bridgehead atoms. The van der Waals surface area contributed by atoms with Crippen molar-refractivity contribution in [3.05, 3.63) is 59.4 Å². The summed E-state index contributed by atoms with van der Waals surface area (Å²) < 4.78 is 5.93. The molecule has 1 aliphatic carbocycles. The Morgan fingerprint density at radius 1 is 1.19 bits per heavy atom. The second-order valence-electron chi connectivity index (χ2n) is 6.99. The fourth-order valence-electron chi connectivity index (χ4n) is 3.37. The third-order valence-corrected chi connectivity index (χ3v) is 5.01. The third-order valence-electron chi connectivity index (χ3n) is 5.01. The van der Waals surface area contributed by atoms with Crippen LogP contribution in [0.5, 0.6) is 0 Å². The maximum Gasteiger partial charge on any atom is 0.248 e. The van der Waals surface area contributed by atoms with Gasteiger partial charge in [-0.1, -0.05) is 6.07 Å². The van der Waals surface area contributed by atoms with Crippen LogP contribution in [-0.2, 0) is 16.1 Å². The minimum Gasteiger partial charge on any atom is -0.372 e. The van der Waals surface area contributed by atoms with E-state index in [1.54, 1.807) is 24.4 Å². The molecule has 1 aromatic heterocycles. The van der Waals surface area contributed by atoms with Gasteiger partial charge in [-0.05, 0) is 68.5 Å². The predicted molar refractivity (Wildman–Crippen MR) is 103 cm³/mol. The van der Waals surface area contributed by atoms with Crippen molar-refractivity contribution in [2.75, 3.05) is 5.32 Å². The van der Waals surface area contributed by atoms with Crippen molar-refractivity contribution in [2.45, 2.75) is 45.3 Å². The van der Waals surface area contributed by atoms with Crippen molar-refractivity contribution in [1.29, 1.82) is 0 Å². The van der Waals surface area contributed by atoms with Crippen molar-refractivity contribution >= 4 is 17.5 Å². The first-order valence-corrected chi connectivity index (χ1v) is 9.26. The number of hydrogen-bond donors (Lipinski definition) is 2. The highest BCUT2D eigenvalue weighted by Gasteiger charge is 2.27. The summed E-state index contributed by atoms with van der Waals surface area (Å²) in [5, 5.41) is 2.98. The van der Waals surface area contributed by atoms with Crippen molar-refractivity contribution < 1.29 is 14.3 Å². The van der Waals surface area contributed by atoms with E-state index in [0.29, 0.717) is 12.2 Å². The number of ether oxygens (including phenoxy) is 1. The smallest absolute Gasteiger partial charge is 0.248 e. The van der Waals surface area contributed by atoms with Gasteiger partial charge in [0.05, 0.1) is 18.4 Å². The minimum atomic E-state index is -0.472. The van der Waals surface area contributed by atoms with Gasteiger partial charge in [-0.2, -0.15) is 0 Å². The number of rotatable bonds is 6. The van der Waals surface area contributed by atoms with E-state index >= 15 is 0 Å². The number of anilines is 1. The predicted octanol–water partition coefficient (Wildman–Crippen LogP) is 3.20. The van der Waals surface area contributed by atoms with Crippen LogP contribution in [0.4, 0.5) is 5.69 Å². The average Bonchev–Trinajstić information content (AvgIpc) is 2.69. The summed E-state index contributed by atoms with van der Waals surface area (Å²) in [7, 11) is 0. The lowest BCUT2D eigenvalue weighted by molar-refractivity contribution is -0.121. The second kappa shape index (κ2) is 8.77. The van der Waals surface area contributed by atoms with Gasteiger partial charge in [0.15, 0.2) is 0 Å². The van der Waals surface area contributed by atoms with Crippen LogP contribution in [0.25, 0.3) is 0 Å². The largest absolute Gasteiger partial charge is 0.372 e. The van der Waals surface area contributed by atoms with E-state index in [-0.39, 0.29) is 17.9 Å². The highest BCUT2D eigenvalue weighted by atomic mass is 16.5. The summed E-state index contributed by atoms with van der Waals surface area (Å²) in [6.45, 7) is 2.36. The molecule has 3 rings (SSSR count). The molecule has 0 saturated heterocycles. The zero-order valence-electron chi connectivity index (χ0n) is 15.5. The Morgan fingerprint density at radius 3 is 2.59 bits per heavy atom. The molecule has 0 radical (unpaired) electrons. The van der Waals surface area contributed by atoms with Crippen molar-refractivity contribution in [1.82, 2.24) is 4.98 Å². The number of aryl methyl sites for hydroxylation is 1. The first kappa shape index (κ1) is 19.0. The second-order valence-corrected chi connectivity index (χ2v) is 6.99. The van der Waals surface area contributed by atoms with Gasteiger partial charge >= 0.3 is 0 Å². The molecule has 0 aliphatic heterocycles. The molecule has 2 amide bonds. The number of nitrogens with one attached hydrogen (secondary N) is 1. The zero-order chi connectivity index (χ0) is 19.2. The van der Waals surface area contributed by atoms with Crippen LogP contribution in [0.2, 0.25) is 0 Å². The number of pyridine rings is 1. The molecule has 1 heterocycles. The minimum absolute atomic E-state index is 0.0186. The summed E-state index contributed by atoms with van der Waals surface area (Å²) in [6, 6.07) is 10.8. The number of carbonyl (C=O) groups is 2. The maximum absolute atomic E-state index is 12.6. The van der Waals surface area contributed by atoms with Gasteiger partial charge in [0.2, 0.25) is 11.8 Å². The molecule has 2 aromatic rings. The van der Waals surface area contributed by atoms with Gasteiger partial charge in [-0.15, -0.1) is 0 Å². The van der Waals surface area contributed by atoms with Crippen LogP contribution in [0, 0.1) is 12.8 Å². The standard InChI is InChI=1S/C21H25N3O3/c1-14-12-16(20(22)25)7-10-19(14)24-21(26)15-5-8-18(9-6-15)27-13-17-4-2-3-11-23-17/h2-4,7,10-12,15,18H,5-6,8-9,13H2,1H3,(H2,22,25)(H,24,26). The molecule has 142 valence electrons. The molecule has 1 aliphatic rings. The van der Waals surface area contributed by atoms with Gasteiger partial charge in [0, 0.05) is 23.4 Å². The molecule has 1 aromatic carbocycles. The van der Waals surface area contributed by atoms with Crippen LogP contribution < -0.4 is 11.1 Å². The summed E-state index contributed by atoms with van der Waals surface area (Å²) in [5.74, 6) is -0.469. The molecular formula is C21H25N3O3. The van der Waals surface area contributed by atoms with Crippen LogP contribution >= 0.6 is 0 Å². The number of amides is 2. The van der Waals surface area contributed by atoms with E-state index < -0.39 is 5.91 Å². The van der Waals surface area contributed by atoms with E-state index in [1.165, 1.54) is 0 Å². The SMILES string of the molecule is Cc1cc(C(N)=O)ccc1NC(=O)C1CCC(OCc2ccccn2)CC1. The quantitative estimate of drug-likeness (QED) is 0.820. The van der Waals surface area contributed by atoms with Crippen LogP contribution in [-0.4, -0.2) is 22.9 Å². The molecule has 3 N–H and O–H groups in total. The van der Waals surface area contributed by atoms with Gasteiger partial charge in [-0.3, -0.25) is 14.6 Å². The first-order valence-electron chi connectivity index (χ1n) is 9.26. The lowest BCUT2D eigenvalue weighted by Gasteiger charge is -2.28. The highest BCUT2D eigenvalue weighted by molar-refractivity contribution is 5.96. The Morgan fingerprint density at radius 2 is 1.96 bits per heavy atom. The zero-order valence-corrected chi connectivity index (χ0v) is 15.5. The van der Waals surface area contributed by atoms with Gasteiger partial charge < -0.3 is 15.8 Å². The number of carbonyl (C=O) groups excluding carboxylic acids is 2. The number of aromatic nitrogens is 1. The van der Waals surface area contributed by atoms with Gasteiger partial charge in [0.25, 0.3) is 0 Å². The first-order chi connectivity index (χ1) is 13.0.